The largest absolute Gasteiger partial charge is 0.335 e. The highest BCUT2D eigenvalue weighted by Crippen LogP contribution is 2.25. The van der Waals surface area contributed by atoms with Gasteiger partial charge in [0.25, 0.3) is 5.95 Å². The average molecular weight is 341 g/mol. The van der Waals surface area contributed by atoms with E-state index < -0.39 is 0 Å². The molecule has 2 N–H and O–H groups in total. The number of thiazole rings is 1. The lowest BCUT2D eigenvalue weighted by Gasteiger charge is -2.22. The fourth-order valence-corrected chi connectivity index (χ4v) is 3.94. The number of nitrogens with zero attached hydrogens (tertiary/aromatic N) is 3. The lowest BCUT2D eigenvalue weighted by Crippen LogP contribution is -2.39. The number of anilines is 1. The standard InChI is InChI=1S/C17H19N5OS/c23-16(18-13-9-5-2-6-10-13)19-15-20-17-22(21-15)14(11-24-17)12-7-3-1-4-8-12/h1,3-4,7-8,11,13H,2,5-6,9-10H2,(H2,18,19,21,23). The molecule has 4 rings (SSSR count). The third-order valence-corrected chi connectivity index (χ3v) is 5.13. The number of carbonyl (C=O) groups excluding carboxylic acids is 1. The Kier molecular flexibility index (Phi) is 4.17. The summed E-state index contributed by atoms with van der Waals surface area (Å²) >= 11 is 1.51. The van der Waals surface area contributed by atoms with Gasteiger partial charge in [-0.3, -0.25) is 5.32 Å². The van der Waals surface area contributed by atoms with Crippen LogP contribution in [-0.2, 0) is 0 Å². The zero-order chi connectivity index (χ0) is 16.4. The highest BCUT2D eigenvalue weighted by Gasteiger charge is 2.17. The molecule has 1 aromatic carbocycles. The van der Waals surface area contributed by atoms with Crippen molar-refractivity contribution in [1.29, 1.82) is 0 Å². The van der Waals surface area contributed by atoms with Gasteiger partial charge in [0.05, 0.1) is 5.69 Å². The van der Waals surface area contributed by atoms with E-state index in [9.17, 15) is 4.79 Å². The monoisotopic (exact) mass is 341 g/mol. The van der Waals surface area contributed by atoms with Gasteiger partial charge in [-0.2, -0.15) is 4.98 Å². The Morgan fingerprint density at radius 1 is 1.17 bits per heavy atom. The molecule has 124 valence electrons. The molecular weight excluding hydrogens is 322 g/mol. The number of fused-ring (bicyclic) bond motifs is 1. The summed E-state index contributed by atoms with van der Waals surface area (Å²) in [5, 5.41) is 12.2. The fourth-order valence-electron chi connectivity index (χ4n) is 3.11. The van der Waals surface area contributed by atoms with Crippen molar-refractivity contribution in [2.24, 2.45) is 0 Å². The van der Waals surface area contributed by atoms with Crippen LogP contribution >= 0.6 is 11.3 Å². The highest BCUT2D eigenvalue weighted by molar-refractivity contribution is 7.15. The van der Waals surface area contributed by atoms with Crippen molar-refractivity contribution in [1.82, 2.24) is 19.9 Å². The fraction of sp³-hybridized carbons (Fsp3) is 0.353. The quantitative estimate of drug-likeness (QED) is 0.758. The summed E-state index contributed by atoms with van der Waals surface area (Å²) < 4.78 is 1.77. The van der Waals surface area contributed by atoms with Crippen LogP contribution in [0.4, 0.5) is 10.7 Å². The van der Waals surface area contributed by atoms with Crippen molar-refractivity contribution in [3.63, 3.8) is 0 Å². The number of urea groups is 1. The third-order valence-electron chi connectivity index (χ3n) is 4.32. The molecule has 24 heavy (non-hydrogen) atoms. The lowest BCUT2D eigenvalue weighted by atomic mass is 9.96. The molecule has 0 atom stereocenters. The second kappa shape index (κ2) is 6.60. The van der Waals surface area contributed by atoms with E-state index in [-0.39, 0.29) is 12.1 Å². The average Bonchev–Trinajstić information content (AvgIpc) is 3.16. The summed E-state index contributed by atoms with van der Waals surface area (Å²) in [4.78, 5) is 17.3. The first-order valence-corrected chi connectivity index (χ1v) is 9.15. The maximum Gasteiger partial charge on any atom is 0.321 e. The summed E-state index contributed by atoms with van der Waals surface area (Å²) in [6.45, 7) is 0. The molecule has 1 aliphatic carbocycles. The van der Waals surface area contributed by atoms with Gasteiger partial charge in [-0.05, 0) is 12.8 Å². The van der Waals surface area contributed by atoms with Crippen LogP contribution in [0.2, 0.25) is 0 Å². The Morgan fingerprint density at radius 2 is 1.96 bits per heavy atom. The van der Waals surface area contributed by atoms with Crippen molar-refractivity contribution >= 4 is 28.3 Å². The van der Waals surface area contributed by atoms with Crippen LogP contribution < -0.4 is 10.6 Å². The summed E-state index contributed by atoms with van der Waals surface area (Å²) in [7, 11) is 0. The first-order valence-electron chi connectivity index (χ1n) is 8.27. The predicted octanol–water partition coefficient (Wildman–Crippen LogP) is 3.91. The van der Waals surface area contributed by atoms with Crippen molar-refractivity contribution in [2.45, 2.75) is 38.1 Å². The molecule has 1 saturated carbocycles. The van der Waals surface area contributed by atoms with E-state index in [0.29, 0.717) is 5.95 Å². The maximum absolute atomic E-state index is 12.1. The number of aromatic nitrogens is 3. The molecule has 0 spiro atoms. The molecule has 0 aliphatic heterocycles. The van der Waals surface area contributed by atoms with Crippen molar-refractivity contribution in [2.75, 3.05) is 5.32 Å². The van der Waals surface area contributed by atoms with Crippen molar-refractivity contribution in [3.8, 4) is 11.3 Å². The minimum absolute atomic E-state index is 0.221. The molecule has 0 unspecified atom stereocenters. The maximum atomic E-state index is 12.1. The topological polar surface area (TPSA) is 71.3 Å². The van der Waals surface area contributed by atoms with Gasteiger partial charge >= 0.3 is 6.03 Å². The Morgan fingerprint density at radius 3 is 2.75 bits per heavy atom. The molecule has 0 bridgehead atoms. The van der Waals surface area contributed by atoms with Gasteiger partial charge in [0.15, 0.2) is 0 Å². The Bertz CT molecular complexity index is 835. The molecule has 6 nitrogen and oxygen atoms in total. The highest BCUT2D eigenvalue weighted by atomic mass is 32.1. The van der Waals surface area contributed by atoms with Crippen LogP contribution in [0.15, 0.2) is 35.7 Å². The molecule has 7 heteroatoms. The lowest BCUT2D eigenvalue weighted by molar-refractivity contribution is 0.244. The molecule has 2 amide bonds. The molecular formula is C17H19N5OS. The number of amides is 2. The third kappa shape index (κ3) is 3.12. The van der Waals surface area contributed by atoms with Crippen LogP contribution in [-0.4, -0.2) is 26.7 Å². The van der Waals surface area contributed by atoms with Gasteiger partial charge in [-0.25, -0.2) is 9.31 Å². The number of carbonyl (C=O) groups is 1. The zero-order valence-corrected chi connectivity index (χ0v) is 14.1. The summed E-state index contributed by atoms with van der Waals surface area (Å²) in [5.74, 6) is 0.340. The number of hydrogen-bond acceptors (Lipinski definition) is 4. The second-order valence-electron chi connectivity index (χ2n) is 6.05. The first-order chi connectivity index (χ1) is 11.8. The van der Waals surface area contributed by atoms with E-state index in [0.717, 1.165) is 29.1 Å². The smallest absolute Gasteiger partial charge is 0.321 e. The minimum atomic E-state index is -0.221. The molecule has 2 heterocycles. The summed E-state index contributed by atoms with van der Waals surface area (Å²) in [6.07, 6.45) is 5.74. The number of nitrogens with one attached hydrogen (secondary N) is 2. The minimum Gasteiger partial charge on any atom is -0.335 e. The molecule has 1 fully saturated rings. The predicted molar refractivity (Wildman–Crippen MR) is 95.3 cm³/mol. The van der Waals surface area contributed by atoms with E-state index in [4.69, 9.17) is 0 Å². The van der Waals surface area contributed by atoms with Crippen LogP contribution in [0.3, 0.4) is 0 Å². The van der Waals surface area contributed by atoms with Gasteiger partial charge < -0.3 is 5.32 Å². The molecule has 2 aromatic heterocycles. The van der Waals surface area contributed by atoms with E-state index in [1.165, 1.54) is 30.6 Å². The van der Waals surface area contributed by atoms with E-state index >= 15 is 0 Å². The van der Waals surface area contributed by atoms with Gasteiger partial charge in [-0.15, -0.1) is 16.4 Å². The summed E-state index contributed by atoms with van der Waals surface area (Å²) in [5.41, 5.74) is 2.05. The molecule has 1 aliphatic rings. The Balaban J connectivity index is 1.49. The molecule has 0 saturated heterocycles. The molecule has 0 radical (unpaired) electrons. The van der Waals surface area contributed by atoms with Gasteiger partial charge in [-0.1, -0.05) is 49.6 Å². The number of rotatable bonds is 3. The summed E-state index contributed by atoms with van der Waals surface area (Å²) in [6, 6.07) is 10.1. The van der Waals surface area contributed by atoms with Crippen LogP contribution in [0.25, 0.3) is 16.2 Å². The molecule has 3 aromatic rings. The van der Waals surface area contributed by atoms with Crippen molar-refractivity contribution in [3.05, 3.63) is 35.7 Å². The van der Waals surface area contributed by atoms with E-state index in [2.05, 4.69) is 20.7 Å². The van der Waals surface area contributed by atoms with Crippen molar-refractivity contribution < 1.29 is 4.79 Å². The normalized spacial score (nSPS) is 15.5. The number of hydrogen-bond donors (Lipinski definition) is 2. The second-order valence-corrected chi connectivity index (χ2v) is 6.89. The Labute approximate surface area is 143 Å². The van der Waals surface area contributed by atoms with Gasteiger partial charge in [0, 0.05) is 17.0 Å². The van der Waals surface area contributed by atoms with Gasteiger partial charge in [0.2, 0.25) is 4.96 Å². The van der Waals surface area contributed by atoms with Crippen LogP contribution in [0.1, 0.15) is 32.1 Å². The first kappa shape index (κ1) is 15.1. The SMILES string of the molecule is O=C(Nc1nc2scc(-c3ccccc3)n2n1)NC1CCCCC1. The Hall–Kier alpha value is -2.41. The zero-order valence-electron chi connectivity index (χ0n) is 13.2. The van der Waals surface area contributed by atoms with Crippen LogP contribution in [0.5, 0.6) is 0 Å². The number of benzene rings is 1. The van der Waals surface area contributed by atoms with Crippen LogP contribution in [0, 0.1) is 0 Å². The van der Waals surface area contributed by atoms with E-state index in [1.54, 1.807) is 4.52 Å². The van der Waals surface area contributed by atoms with E-state index in [1.807, 2.05) is 35.7 Å². The van der Waals surface area contributed by atoms with Gasteiger partial charge in [0.1, 0.15) is 0 Å².